The first kappa shape index (κ1) is 108. The molecular weight excluding hydrogens is 1670 g/mol. The molecule has 15 amide bonds. The number of hydrogen-bond donors (Lipinski definition) is 11. The number of amides is 15. The number of rotatable bonds is 49. The molecule has 0 aromatic heterocycles. The van der Waals surface area contributed by atoms with Gasteiger partial charge in [-0.05, 0) is 131 Å². The molecule has 710 valence electrons. The summed E-state index contributed by atoms with van der Waals surface area (Å²) in [7, 11) is 0. The number of alkyl carbamates (subject to hydrolysis) is 1. The predicted molar refractivity (Wildman–Crippen MR) is 454 cm³/mol. The summed E-state index contributed by atoms with van der Waals surface area (Å²) < 4.78 is 60.5. The second kappa shape index (κ2) is 59.2. The first-order valence-corrected chi connectivity index (χ1v) is 42.9. The van der Waals surface area contributed by atoms with E-state index >= 15 is 0 Å². The Hall–Kier alpha value is -10.9. The maximum atomic E-state index is 14.4. The average molecular weight is 1800 g/mol. The molecule has 0 spiro atoms. The fourth-order valence-corrected chi connectivity index (χ4v) is 11.9. The van der Waals surface area contributed by atoms with Crippen LogP contribution in [0.15, 0.2) is 42.5 Å². The number of unbranched alkanes of at least 4 members (excludes halogenated alkanes) is 1. The van der Waals surface area contributed by atoms with Crippen molar-refractivity contribution in [1.29, 1.82) is 0 Å². The molecule has 0 aliphatic carbocycles. The Labute approximate surface area is 740 Å². The zero-order chi connectivity index (χ0) is 93.7. The lowest BCUT2D eigenvalue weighted by atomic mass is 9.95. The second-order valence-corrected chi connectivity index (χ2v) is 32.7. The van der Waals surface area contributed by atoms with Crippen molar-refractivity contribution < 1.29 is 138 Å². The van der Waals surface area contributed by atoms with Crippen molar-refractivity contribution in [2.45, 2.75) is 219 Å². The number of hydrogen-bond acceptors (Lipinski definition) is 29. The van der Waals surface area contributed by atoms with Crippen LogP contribution in [0.1, 0.15) is 178 Å². The molecule has 42 nitrogen and oxygen atoms in total. The minimum atomic E-state index is -2.00. The lowest BCUT2D eigenvalue weighted by Crippen LogP contribution is -2.64. The molecule has 3 aliphatic rings. The topological polar surface area (TPSA) is 548 Å². The molecule has 3 aliphatic heterocycles. The summed E-state index contributed by atoms with van der Waals surface area (Å²) in [5.41, 5.74) is -1.80. The van der Waals surface area contributed by atoms with Crippen molar-refractivity contribution >= 4 is 112 Å². The van der Waals surface area contributed by atoms with Crippen LogP contribution in [0.25, 0.3) is 0 Å². The Morgan fingerprint density at radius 2 is 0.882 bits per heavy atom. The van der Waals surface area contributed by atoms with Gasteiger partial charge in [0.05, 0.1) is 111 Å². The third-order valence-corrected chi connectivity index (χ3v) is 18.1. The third kappa shape index (κ3) is 49.7. The molecule has 0 saturated heterocycles. The molecule has 127 heavy (non-hydrogen) atoms. The van der Waals surface area contributed by atoms with Crippen molar-refractivity contribution in [2.75, 3.05) is 150 Å². The van der Waals surface area contributed by atoms with Crippen LogP contribution >= 0.6 is 0 Å². The number of imide groups is 2. The number of ether oxygens (including phenoxy) is 11. The van der Waals surface area contributed by atoms with Crippen LogP contribution in [-0.4, -0.2) is 302 Å². The van der Waals surface area contributed by atoms with E-state index in [-0.39, 0.29) is 218 Å². The predicted octanol–water partition coefficient (Wildman–Crippen LogP) is 0.659. The molecule has 42 heteroatoms. The normalized spacial score (nSPS) is 17.2. The maximum Gasteiger partial charge on any atom is 0.407 e. The zero-order valence-electron chi connectivity index (χ0n) is 74.7. The van der Waals surface area contributed by atoms with E-state index in [1.807, 2.05) is 0 Å². The molecule has 0 radical (unpaired) electrons. The summed E-state index contributed by atoms with van der Waals surface area (Å²) in [6.45, 7) is 19.5. The number of nitrogens with zero attached hydrogens (tertiary/aromatic N) is 2. The van der Waals surface area contributed by atoms with Crippen LogP contribution in [0, 0.1) is 5.92 Å². The number of fused-ring (bicyclic) bond motifs is 1. The number of benzene rings is 1. The van der Waals surface area contributed by atoms with Gasteiger partial charge >= 0.3 is 24.0 Å². The Balaban J connectivity index is 1.32. The highest BCUT2D eigenvalue weighted by Crippen LogP contribution is 2.29. The van der Waals surface area contributed by atoms with Gasteiger partial charge in [-0.15, -0.1) is 0 Å². The van der Waals surface area contributed by atoms with Gasteiger partial charge in [0.15, 0.2) is 5.75 Å². The maximum absolute atomic E-state index is 14.4. The van der Waals surface area contributed by atoms with Gasteiger partial charge in [-0.3, -0.25) is 91.3 Å². The van der Waals surface area contributed by atoms with Gasteiger partial charge in [-0.2, -0.15) is 0 Å². The first-order chi connectivity index (χ1) is 60.2. The molecule has 0 unspecified atom stereocenters. The molecule has 0 fully saturated rings. The fraction of sp³-hybridized carbons (Fsp3) is 0.671. The van der Waals surface area contributed by atoms with E-state index in [1.54, 1.807) is 75.3 Å². The van der Waals surface area contributed by atoms with Gasteiger partial charge in [0.25, 0.3) is 23.6 Å². The molecule has 1 aromatic carbocycles. The number of carbonyl (C=O) groups excluding carboxylic acids is 18. The van der Waals surface area contributed by atoms with Gasteiger partial charge in [-0.1, -0.05) is 13.0 Å². The number of esters is 3. The molecule has 3 heterocycles. The van der Waals surface area contributed by atoms with Gasteiger partial charge < -0.3 is 111 Å². The van der Waals surface area contributed by atoms with Crippen molar-refractivity contribution in [3.05, 3.63) is 48.1 Å². The van der Waals surface area contributed by atoms with E-state index in [1.165, 1.54) is 12.1 Å². The lowest BCUT2D eigenvalue weighted by molar-refractivity contribution is -0.160. The SMILES string of the molecule is C[C@@H](C[C@H](Cc1ccc2c(c1)NC(=O)CCCNC(=O)[C@H](CCCCNC(=O)CCOCCOCCOCCC(=O)NCCOCCOCCC(=O)NCCOCCOCCC(=O)OC(C)(C)C)NC(=O)CCCNC(=O)[C@H](NC(=O)CCN1C(=O)C=CC1=O)[C@H](NC(=O)CCN1C(=O)C=CC1=O)C(=O)NCCCC(=O)O2)NC(=O)OC(C)(C)C)C(=O)OC(C)(C)C. The first-order valence-electron chi connectivity index (χ1n) is 42.9. The molecule has 11 N–H and O–H groups in total. The molecule has 1 aromatic rings. The highest BCUT2D eigenvalue weighted by molar-refractivity contribution is 6.14. The van der Waals surface area contributed by atoms with Crippen molar-refractivity contribution in [3.63, 3.8) is 0 Å². The van der Waals surface area contributed by atoms with E-state index in [4.69, 9.17) is 52.1 Å². The molecule has 0 bridgehead atoms. The Kier molecular flexibility index (Phi) is 50.5. The Morgan fingerprint density at radius 1 is 0.465 bits per heavy atom. The molecule has 0 saturated carbocycles. The van der Waals surface area contributed by atoms with E-state index in [0.717, 1.165) is 34.1 Å². The third-order valence-electron chi connectivity index (χ3n) is 18.1. The number of anilines is 1. The van der Waals surface area contributed by atoms with Crippen LogP contribution in [0.5, 0.6) is 5.75 Å². The highest BCUT2D eigenvalue weighted by atomic mass is 16.6. The van der Waals surface area contributed by atoms with E-state index in [9.17, 15) is 86.3 Å². The van der Waals surface area contributed by atoms with E-state index < -0.39 is 162 Å². The molecule has 4 rings (SSSR count). The standard InChI is InChI=1S/C85H131N13O29/c1-57(81(115)126-84(5,6)7)54-59(92-82(116)127-85(8,9)10)55-58-20-21-62-61(56-58)94-67(103)18-13-33-89-78(112)60(16-11-12-32-86-63(99)28-40-118-48-52-123-53-49-119-42-30-65(101)87-36-44-121-50-46-117-41-29-64(100)88-37-45-122-51-47-120-43-31-75(111)125-83(2,3)4)93-66(102)17-14-34-90-79(113)76(95-68(104)26-38-97-70(106)22-23-71(97)107)77(80(114)91-35-15-19-74(110)124-62)96-69(105)27-39-98-72(108)24-25-73(98)109/h20-25,56-57,59-60,76-77H,11-19,26-55H2,1-10H3,(H,86,99)(H,87,101)(H,88,100)(H,89,112)(H,90,113)(H,91,114)(H,92,116)(H,93,102)(H,94,103)(H,95,104)(H,96,105)/t57-,59+,60-,76+,77-/m0/s1. The van der Waals surface area contributed by atoms with Gasteiger partial charge in [0, 0.05) is 134 Å². The summed E-state index contributed by atoms with van der Waals surface area (Å²) in [6.07, 6.45) is 2.07. The monoisotopic (exact) mass is 1800 g/mol. The van der Waals surface area contributed by atoms with E-state index in [2.05, 4.69) is 58.5 Å². The van der Waals surface area contributed by atoms with Crippen molar-refractivity contribution in [2.24, 2.45) is 5.92 Å². The zero-order valence-corrected chi connectivity index (χ0v) is 74.7. The fourth-order valence-electron chi connectivity index (χ4n) is 11.9. The Morgan fingerprint density at radius 3 is 1.35 bits per heavy atom. The van der Waals surface area contributed by atoms with E-state index in [0.29, 0.717) is 44.8 Å². The summed E-state index contributed by atoms with van der Waals surface area (Å²) in [5.74, 6) is -12.3. The minimum Gasteiger partial charge on any atom is -0.460 e. The summed E-state index contributed by atoms with van der Waals surface area (Å²) >= 11 is 0. The summed E-state index contributed by atoms with van der Waals surface area (Å²) in [5, 5.41) is 29.2. The van der Waals surface area contributed by atoms with Gasteiger partial charge in [0.1, 0.15) is 34.9 Å². The summed E-state index contributed by atoms with van der Waals surface area (Å²) in [6, 6.07) is -1.49. The van der Waals surface area contributed by atoms with Crippen LogP contribution in [-0.2, 0) is 135 Å². The van der Waals surface area contributed by atoms with Crippen LogP contribution < -0.4 is 63.2 Å². The van der Waals surface area contributed by atoms with Crippen LogP contribution in [0.3, 0.4) is 0 Å². The van der Waals surface area contributed by atoms with Gasteiger partial charge in [0.2, 0.25) is 59.1 Å². The van der Waals surface area contributed by atoms with Gasteiger partial charge in [-0.25, -0.2) is 4.79 Å². The molecule has 5 atom stereocenters. The molecular formula is C85H131N13O29. The van der Waals surface area contributed by atoms with Crippen LogP contribution in [0.2, 0.25) is 0 Å². The largest absolute Gasteiger partial charge is 0.460 e. The number of nitrogens with one attached hydrogen (secondary N) is 11. The van der Waals surface area contributed by atoms with Crippen molar-refractivity contribution in [3.8, 4) is 5.75 Å². The summed E-state index contributed by atoms with van der Waals surface area (Å²) in [4.78, 5) is 238. The number of carbonyl (C=O) groups is 18. The average Bonchev–Trinajstić information content (AvgIpc) is 1.39. The Bertz CT molecular complexity index is 3840. The highest BCUT2D eigenvalue weighted by Gasteiger charge is 2.38. The van der Waals surface area contributed by atoms with Crippen LogP contribution in [0.4, 0.5) is 10.5 Å². The smallest absolute Gasteiger partial charge is 0.407 e. The minimum absolute atomic E-state index is 0.0114. The lowest BCUT2D eigenvalue weighted by Gasteiger charge is -2.28. The van der Waals surface area contributed by atoms with Crippen molar-refractivity contribution in [1.82, 2.24) is 63.0 Å². The quantitative estimate of drug-likeness (QED) is 0.0140. The second-order valence-electron chi connectivity index (χ2n) is 32.7.